The largest absolute Gasteiger partial charge is 0.352 e. The van der Waals surface area contributed by atoms with Crippen LogP contribution in [-0.4, -0.2) is 43.8 Å². The highest BCUT2D eigenvalue weighted by molar-refractivity contribution is 9.10. The number of benzene rings is 3. The number of nitrogens with zero attached hydrogens (tertiary/aromatic N) is 2. The molecule has 1 aliphatic carbocycles. The van der Waals surface area contributed by atoms with Gasteiger partial charge in [0.25, 0.3) is 10.0 Å². The second kappa shape index (κ2) is 13.7. The minimum atomic E-state index is -4.08. The van der Waals surface area contributed by atoms with E-state index in [4.69, 9.17) is 0 Å². The number of sulfonamides is 1. The van der Waals surface area contributed by atoms with E-state index in [9.17, 15) is 18.0 Å². The monoisotopic (exact) mass is 639 g/mol. The summed E-state index contributed by atoms with van der Waals surface area (Å²) in [4.78, 5) is 29.0. The average molecular weight is 641 g/mol. The van der Waals surface area contributed by atoms with Crippen LogP contribution in [-0.2, 0) is 26.2 Å². The number of hydrogen-bond donors (Lipinski definition) is 1. The SMILES string of the molecule is CC(C)c1ccc(N(CC(=O)N(Cc2ccc(Br)cc2)[C@H](C)C(=O)NC2CCCC2)S(=O)(=O)c2ccccc2)cc1. The number of rotatable bonds is 11. The number of anilines is 1. The first-order valence-corrected chi connectivity index (χ1v) is 16.3. The lowest BCUT2D eigenvalue weighted by molar-refractivity contribution is -0.139. The van der Waals surface area contributed by atoms with Gasteiger partial charge in [-0.05, 0) is 73.2 Å². The predicted octanol–water partition coefficient (Wildman–Crippen LogP) is 6.24. The first-order valence-electron chi connectivity index (χ1n) is 14.1. The zero-order valence-electron chi connectivity index (χ0n) is 23.8. The van der Waals surface area contributed by atoms with Crippen molar-refractivity contribution in [3.05, 3.63) is 94.5 Å². The Bertz CT molecular complexity index is 1420. The molecule has 9 heteroatoms. The molecule has 0 radical (unpaired) electrons. The lowest BCUT2D eigenvalue weighted by Gasteiger charge is -2.32. The van der Waals surface area contributed by atoms with Crippen molar-refractivity contribution < 1.29 is 18.0 Å². The van der Waals surface area contributed by atoms with Gasteiger partial charge in [0.1, 0.15) is 12.6 Å². The Morgan fingerprint density at radius 3 is 2.10 bits per heavy atom. The first kappa shape index (κ1) is 30.8. The topological polar surface area (TPSA) is 86.8 Å². The van der Waals surface area contributed by atoms with Crippen LogP contribution in [0.25, 0.3) is 0 Å². The maximum Gasteiger partial charge on any atom is 0.264 e. The summed E-state index contributed by atoms with van der Waals surface area (Å²) < 4.78 is 29.9. The first-order chi connectivity index (χ1) is 19.6. The van der Waals surface area contributed by atoms with Crippen molar-refractivity contribution >= 4 is 43.5 Å². The number of carbonyl (C=O) groups excluding carboxylic acids is 2. The van der Waals surface area contributed by atoms with Gasteiger partial charge in [-0.1, -0.05) is 85.1 Å². The molecule has 4 rings (SSSR count). The third-order valence-electron chi connectivity index (χ3n) is 7.59. The highest BCUT2D eigenvalue weighted by atomic mass is 79.9. The van der Waals surface area contributed by atoms with Crippen LogP contribution in [0.2, 0.25) is 0 Å². The molecule has 0 unspecified atom stereocenters. The minimum absolute atomic E-state index is 0.0900. The van der Waals surface area contributed by atoms with E-state index >= 15 is 0 Å². The highest BCUT2D eigenvalue weighted by Gasteiger charge is 2.33. The summed E-state index contributed by atoms with van der Waals surface area (Å²) in [6.45, 7) is 5.55. The van der Waals surface area contributed by atoms with E-state index in [-0.39, 0.29) is 29.3 Å². The molecule has 0 bridgehead atoms. The Hall–Kier alpha value is -3.17. The molecule has 1 fully saturated rings. The number of halogens is 1. The lowest BCUT2D eigenvalue weighted by atomic mass is 10.0. The molecule has 0 spiro atoms. The molecule has 1 atom stereocenters. The fourth-order valence-electron chi connectivity index (χ4n) is 5.03. The van der Waals surface area contributed by atoms with Crippen molar-refractivity contribution in [2.45, 2.75) is 75.9 Å². The van der Waals surface area contributed by atoms with E-state index in [1.54, 1.807) is 37.3 Å². The van der Waals surface area contributed by atoms with Crippen molar-refractivity contribution in [2.24, 2.45) is 0 Å². The van der Waals surface area contributed by atoms with Crippen LogP contribution >= 0.6 is 15.9 Å². The van der Waals surface area contributed by atoms with Gasteiger partial charge in [0, 0.05) is 17.1 Å². The predicted molar refractivity (Wildman–Crippen MR) is 166 cm³/mol. The summed E-state index contributed by atoms with van der Waals surface area (Å²) in [6, 6.07) is 22.2. The van der Waals surface area contributed by atoms with Gasteiger partial charge in [0.15, 0.2) is 0 Å². The number of hydrogen-bond acceptors (Lipinski definition) is 4. The van der Waals surface area contributed by atoms with Crippen LogP contribution in [0.5, 0.6) is 0 Å². The van der Waals surface area contributed by atoms with Gasteiger partial charge in [0.2, 0.25) is 11.8 Å². The minimum Gasteiger partial charge on any atom is -0.352 e. The van der Waals surface area contributed by atoms with Gasteiger partial charge < -0.3 is 10.2 Å². The number of nitrogens with one attached hydrogen (secondary N) is 1. The molecule has 0 heterocycles. The van der Waals surface area contributed by atoms with E-state index in [1.807, 2.05) is 36.4 Å². The van der Waals surface area contributed by atoms with Crippen LogP contribution in [0.4, 0.5) is 5.69 Å². The molecule has 3 aromatic rings. The molecule has 7 nitrogen and oxygen atoms in total. The fourth-order valence-corrected chi connectivity index (χ4v) is 6.73. The molecule has 0 aliphatic heterocycles. The zero-order chi connectivity index (χ0) is 29.6. The molecular weight excluding hydrogens is 602 g/mol. The van der Waals surface area contributed by atoms with Crippen LogP contribution in [0.3, 0.4) is 0 Å². The number of carbonyl (C=O) groups is 2. The van der Waals surface area contributed by atoms with E-state index in [1.165, 1.54) is 17.0 Å². The fraction of sp³-hybridized carbons (Fsp3) is 0.375. The van der Waals surface area contributed by atoms with Gasteiger partial charge in [-0.15, -0.1) is 0 Å². The molecule has 1 saturated carbocycles. The Kier molecular flexibility index (Phi) is 10.3. The molecule has 2 amide bonds. The van der Waals surface area contributed by atoms with Crippen LogP contribution in [0.1, 0.15) is 63.5 Å². The third kappa shape index (κ3) is 7.77. The standard InChI is InChI=1S/C32H38BrN3O4S/c1-23(2)26-15-19-29(20-16-26)36(41(39,40)30-11-5-4-6-12-30)22-31(37)35(21-25-13-17-27(33)18-14-25)24(3)32(38)34-28-9-7-8-10-28/h4-6,11-20,23-24,28H,7-10,21-22H2,1-3H3,(H,34,38)/t24-/m1/s1. The second-order valence-electron chi connectivity index (χ2n) is 10.9. The summed E-state index contributed by atoms with van der Waals surface area (Å²) in [5, 5.41) is 3.09. The molecule has 1 N–H and O–H groups in total. The van der Waals surface area contributed by atoms with E-state index in [0.29, 0.717) is 5.69 Å². The molecule has 218 valence electrons. The van der Waals surface area contributed by atoms with E-state index in [0.717, 1.165) is 45.6 Å². The summed E-state index contributed by atoms with van der Waals surface area (Å²) in [7, 11) is -4.08. The Morgan fingerprint density at radius 2 is 1.51 bits per heavy atom. The van der Waals surface area contributed by atoms with Crippen molar-refractivity contribution in [2.75, 3.05) is 10.8 Å². The third-order valence-corrected chi connectivity index (χ3v) is 9.91. The quantitative estimate of drug-likeness (QED) is 0.269. The highest BCUT2D eigenvalue weighted by Crippen LogP contribution is 2.27. The molecule has 1 aliphatic rings. The van der Waals surface area contributed by atoms with Gasteiger partial charge in [-0.3, -0.25) is 13.9 Å². The molecule has 0 saturated heterocycles. The molecular formula is C32H38BrN3O4S. The average Bonchev–Trinajstić information content (AvgIpc) is 3.48. The maximum absolute atomic E-state index is 14.1. The van der Waals surface area contributed by atoms with Crippen molar-refractivity contribution in [3.63, 3.8) is 0 Å². The lowest BCUT2D eigenvalue weighted by Crippen LogP contribution is -2.52. The van der Waals surface area contributed by atoms with Gasteiger partial charge in [-0.25, -0.2) is 8.42 Å². The van der Waals surface area contributed by atoms with Crippen molar-refractivity contribution in [1.82, 2.24) is 10.2 Å². The van der Waals surface area contributed by atoms with Crippen molar-refractivity contribution in [1.29, 1.82) is 0 Å². The molecule has 0 aromatic heterocycles. The molecule has 3 aromatic carbocycles. The van der Waals surface area contributed by atoms with Gasteiger partial charge >= 0.3 is 0 Å². The second-order valence-corrected chi connectivity index (χ2v) is 13.7. The zero-order valence-corrected chi connectivity index (χ0v) is 26.2. The molecule has 41 heavy (non-hydrogen) atoms. The Balaban J connectivity index is 1.68. The Morgan fingerprint density at radius 1 is 0.902 bits per heavy atom. The Labute approximate surface area is 252 Å². The summed E-state index contributed by atoms with van der Waals surface area (Å²) in [5.74, 6) is -0.430. The van der Waals surface area contributed by atoms with E-state index < -0.39 is 28.5 Å². The van der Waals surface area contributed by atoms with Crippen LogP contribution in [0, 0.1) is 0 Å². The summed E-state index contributed by atoms with van der Waals surface area (Å²) in [6.07, 6.45) is 3.99. The van der Waals surface area contributed by atoms with E-state index in [2.05, 4.69) is 35.1 Å². The van der Waals surface area contributed by atoms with Crippen LogP contribution in [0.15, 0.2) is 88.2 Å². The van der Waals surface area contributed by atoms with Crippen LogP contribution < -0.4 is 9.62 Å². The normalized spacial score (nSPS) is 14.6. The summed E-state index contributed by atoms with van der Waals surface area (Å²) >= 11 is 3.44. The number of amides is 2. The maximum atomic E-state index is 14.1. The van der Waals surface area contributed by atoms with Gasteiger partial charge in [-0.2, -0.15) is 0 Å². The summed E-state index contributed by atoms with van der Waals surface area (Å²) in [5.41, 5.74) is 2.28. The van der Waals surface area contributed by atoms with Gasteiger partial charge in [0.05, 0.1) is 10.6 Å². The van der Waals surface area contributed by atoms with Crippen molar-refractivity contribution in [3.8, 4) is 0 Å². The smallest absolute Gasteiger partial charge is 0.264 e.